The summed E-state index contributed by atoms with van der Waals surface area (Å²) in [7, 11) is 1.90. The number of aromatic nitrogens is 2. The van der Waals surface area contributed by atoms with Crippen LogP contribution in [0.2, 0.25) is 0 Å². The molecule has 0 radical (unpaired) electrons. The van der Waals surface area contributed by atoms with Crippen molar-refractivity contribution in [3.8, 4) is 17.1 Å². The molecule has 3 rings (SSSR count). The molecule has 104 valence electrons. The molecule has 0 aliphatic carbocycles. The second-order valence-electron chi connectivity index (χ2n) is 4.99. The molecular weight excluding hydrogens is 250 g/mol. The van der Waals surface area contributed by atoms with Crippen LogP contribution in [0.25, 0.3) is 11.4 Å². The molecule has 0 atom stereocenters. The fourth-order valence-electron chi connectivity index (χ4n) is 2.61. The zero-order chi connectivity index (χ0) is 14.1. The van der Waals surface area contributed by atoms with Crippen LogP contribution in [0, 0.1) is 6.92 Å². The molecular formula is C16H19N3O. The van der Waals surface area contributed by atoms with Crippen molar-refractivity contribution in [3.63, 3.8) is 0 Å². The molecule has 0 amide bonds. The van der Waals surface area contributed by atoms with Crippen molar-refractivity contribution in [1.29, 1.82) is 0 Å². The van der Waals surface area contributed by atoms with Gasteiger partial charge < -0.3 is 10.1 Å². The van der Waals surface area contributed by atoms with Crippen LogP contribution in [0.5, 0.6) is 5.75 Å². The van der Waals surface area contributed by atoms with Gasteiger partial charge in [0.15, 0.2) is 5.82 Å². The predicted octanol–water partition coefficient (Wildman–Crippen LogP) is 2.99. The predicted molar refractivity (Wildman–Crippen MR) is 80.3 cm³/mol. The second kappa shape index (κ2) is 5.12. The van der Waals surface area contributed by atoms with Crippen LogP contribution in [-0.4, -0.2) is 23.6 Å². The fourth-order valence-corrected chi connectivity index (χ4v) is 2.61. The first kappa shape index (κ1) is 12.9. The Morgan fingerprint density at radius 2 is 2.15 bits per heavy atom. The Morgan fingerprint density at radius 3 is 2.90 bits per heavy atom. The molecule has 1 aliphatic rings. The number of hydrogen-bond acceptors (Lipinski definition) is 4. The van der Waals surface area contributed by atoms with E-state index in [2.05, 4.69) is 30.2 Å². The number of aryl methyl sites for hydroxylation is 1. The van der Waals surface area contributed by atoms with Gasteiger partial charge in [-0.15, -0.1) is 0 Å². The van der Waals surface area contributed by atoms with Crippen molar-refractivity contribution in [2.45, 2.75) is 26.7 Å². The molecule has 1 aliphatic heterocycles. The fraction of sp³-hybridized carbons (Fsp3) is 0.375. The third kappa shape index (κ3) is 2.11. The molecule has 2 heterocycles. The molecule has 1 N–H and O–H groups in total. The largest absolute Gasteiger partial charge is 0.493 e. The summed E-state index contributed by atoms with van der Waals surface area (Å²) in [5, 5.41) is 3.16. The molecule has 4 nitrogen and oxygen atoms in total. The monoisotopic (exact) mass is 269 g/mol. The summed E-state index contributed by atoms with van der Waals surface area (Å²) in [6, 6.07) is 6.20. The van der Waals surface area contributed by atoms with Crippen LogP contribution in [0.15, 0.2) is 18.2 Å². The van der Waals surface area contributed by atoms with Crippen molar-refractivity contribution < 1.29 is 4.74 Å². The van der Waals surface area contributed by atoms with E-state index in [9.17, 15) is 0 Å². The minimum atomic E-state index is 0.773. The summed E-state index contributed by atoms with van der Waals surface area (Å²) in [6.45, 7) is 4.95. The van der Waals surface area contributed by atoms with Gasteiger partial charge in [0.2, 0.25) is 0 Å². The van der Waals surface area contributed by atoms with Gasteiger partial charge in [-0.25, -0.2) is 9.97 Å². The maximum atomic E-state index is 5.55. The Labute approximate surface area is 119 Å². The topological polar surface area (TPSA) is 47.0 Å². The molecule has 1 aromatic carbocycles. The highest BCUT2D eigenvalue weighted by Gasteiger charge is 2.15. The molecule has 0 bridgehead atoms. The lowest BCUT2D eigenvalue weighted by molar-refractivity contribution is 0.357. The Morgan fingerprint density at radius 1 is 1.30 bits per heavy atom. The van der Waals surface area contributed by atoms with Crippen LogP contribution in [0.3, 0.4) is 0 Å². The lowest BCUT2D eigenvalue weighted by Gasteiger charge is -2.11. The smallest absolute Gasteiger partial charge is 0.161 e. The van der Waals surface area contributed by atoms with Gasteiger partial charge in [0.1, 0.15) is 11.6 Å². The maximum absolute atomic E-state index is 5.55. The number of hydrogen-bond donors (Lipinski definition) is 1. The van der Waals surface area contributed by atoms with E-state index in [0.717, 1.165) is 53.7 Å². The highest BCUT2D eigenvalue weighted by atomic mass is 16.5. The van der Waals surface area contributed by atoms with Gasteiger partial charge in [0.05, 0.1) is 6.61 Å². The Kier molecular flexibility index (Phi) is 3.30. The zero-order valence-corrected chi connectivity index (χ0v) is 12.2. The molecule has 0 saturated carbocycles. The number of nitrogens with zero attached hydrogens (tertiary/aromatic N) is 2. The van der Waals surface area contributed by atoms with E-state index in [0.29, 0.717) is 0 Å². The third-order valence-electron chi connectivity index (χ3n) is 3.77. The van der Waals surface area contributed by atoms with E-state index in [1.807, 2.05) is 19.2 Å². The third-order valence-corrected chi connectivity index (χ3v) is 3.77. The van der Waals surface area contributed by atoms with Gasteiger partial charge in [0.25, 0.3) is 0 Å². The summed E-state index contributed by atoms with van der Waals surface area (Å²) in [5.41, 5.74) is 4.52. The average Bonchev–Trinajstić information content (AvgIpc) is 2.95. The quantitative estimate of drug-likeness (QED) is 0.930. The maximum Gasteiger partial charge on any atom is 0.161 e. The van der Waals surface area contributed by atoms with E-state index in [1.165, 1.54) is 5.56 Å². The van der Waals surface area contributed by atoms with Crippen molar-refractivity contribution in [1.82, 2.24) is 9.97 Å². The standard InChI is InChI=1S/C16H19N3O/c1-4-13-10(2)15(17-3)19-16(18-13)12-5-6-14-11(9-12)7-8-20-14/h5-6,9H,4,7-8H2,1-3H3,(H,17,18,19). The number of rotatable bonds is 3. The minimum absolute atomic E-state index is 0.773. The minimum Gasteiger partial charge on any atom is -0.493 e. The zero-order valence-electron chi connectivity index (χ0n) is 12.2. The number of fused-ring (bicyclic) bond motifs is 1. The van der Waals surface area contributed by atoms with Gasteiger partial charge in [-0.1, -0.05) is 6.92 Å². The van der Waals surface area contributed by atoms with E-state index in [1.54, 1.807) is 0 Å². The van der Waals surface area contributed by atoms with Gasteiger partial charge in [0, 0.05) is 30.3 Å². The lowest BCUT2D eigenvalue weighted by atomic mass is 10.1. The Balaban J connectivity index is 2.09. The second-order valence-corrected chi connectivity index (χ2v) is 4.99. The summed E-state index contributed by atoms with van der Waals surface area (Å²) in [5.74, 6) is 2.68. The van der Waals surface area contributed by atoms with Crippen LogP contribution in [0.1, 0.15) is 23.7 Å². The normalized spacial score (nSPS) is 12.9. The van der Waals surface area contributed by atoms with Crippen molar-refractivity contribution in [3.05, 3.63) is 35.0 Å². The van der Waals surface area contributed by atoms with E-state index in [-0.39, 0.29) is 0 Å². The highest BCUT2D eigenvalue weighted by Crippen LogP contribution is 2.30. The van der Waals surface area contributed by atoms with E-state index >= 15 is 0 Å². The number of anilines is 1. The lowest BCUT2D eigenvalue weighted by Crippen LogP contribution is -2.04. The molecule has 4 heteroatoms. The molecule has 0 spiro atoms. The molecule has 0 unspecified atom stereocenters. The molecule has 2 aromatic rings. The number of ether oxygens (including phenoxy) is 1. The number of benzene rings is 1. The molecule has 0 saturated heterocycles. The van der Waals surface area contributed by atoms with Crippen LogP contribution < -0.4 is 10.1 Å². The van der Waals surface area contributed by atoms with Gasteiger partial charge in [-0.3, -0.25) is 0 Å². The van der Waals surface area contributed by atoms with Crippen LogP contribution >= 0.6 is 0 Å². The van der Waals surface area contributed by atoms with E-state index in [4.69, 9.17) is 9.72 Å². The SMILES string of the molecule is CCc1nc(-c2ccc3c(c2)CCO3)nc(NC)c1C. The Hall–Kier alpha value is -2.10. The first-order valence-electron chi connectivity index (χ1n) is 7.04. The molecule has 20 heavy (non-hydrogen) atoms. The van der Waals surface area contributed by atoms with Gasteiger partial charge >= 0.3 is 0 Å². The summed E-state index contributed by atoms with van der Waals surface area (Å²) >= 11 is 0. The highest BCUT2D eigenvalue weighted by molar-refractivity contribution is 5.62. The first-order chi connectivity index (χ1) is 9.72. The summed E-state index contributed by atoms with van der Waals surface area (Å²) in [4.78, 5) is 9.34. The average molecular weight is 269 g/mol. The van der Waals surface area contributed by atoms with Crippen molar-refractivity contribution >= 4 is 5.82 Å². The van der Waals surface area contributed by atoms with Gasteiger partial charge in [-0.2, -0.15) is 0 Å². The van der Waals surface area contributed by atoms with Gasteiger partial charge in [-0.05, 0) is 37.1 Å². The van der Waals surface area contributed by atoms with Crippen LogP contribution in [0.4, 0.5) is 5.82 Å². The van der Waals surface area contributed by atoms with E-state index < -0.39 is 0 Å². The molecule has 0 fully saturated rings. The summed E-state index contributed by atoms with van der Waals surface area (Å²) < 4.78 is 5.55. The summed E-state index contributed by atoms with van der Waals surface area (Å²) in [6.07, 6.45) is 1.87. The van der Waals surface area contributed by atoms with Crippen molar-refractivity contribution in [2.24, 2.45) is 0 Å². The molecule has 1 aromatic heterocycles. The number of nitrogens with one attached hydrogen (secondary N) is 1. The van der Waals surface area contributed by atoms with Crippen LogP contribution in [-0.2, 0) is 12.8 Å². The first-order valence-corrected chi connectivity index (χ1v) is 7.04. The Bertz CT molecular complexity index is 627. The van der Waals surface area contributed by atoms with Crippen molar-refractivity contribution in [2.75, 3.05) is 19.0 Å².